The molecule has 100 valence electrons. The maximum Gasteiger partial charge on any atom is 0.318 e. The molecule has 2 unspecified atom stereocenters. The molecule has 1 saturated carbocycles. The molecule has 1 aliphatic carbocycles. The highest BCUT2D eigenvalue weighted by Gasteiger charge is 2.46. The molecule has 18 heavy (non-hydrogen) atoms. The minimum absolute atomic E-state index is 0.235. The van der Waals surface area contributed by atoms with Crippen LogP contribution in [0.1, 0.15) is 33.1 Å². The van der Waals surface area contributed by atoms with Crippen LogP contribution in [0.2, 0.25) is 0 Å². The van der Waals surface area contributed by atoms with Crippen molar-refractivity contribution in [3.05, 3.63) is 0 Å². The van der Waals surface area contributed by atoms with Crippen LogP contribution < -0.4 is 5.32 Å². The molecular formula is C13H20N2O3. The fourth-order valence-corrected chi connectivity index (χ4v) is 2.33. The van der Waals surface area contributed by atoms with Gasteiger partial charge in [-0.25, -0.2) is 4.79 Å². The first-order valence-corrected chi connectivity index (χ1v) is 6.18. The maximum absolute atomic E-state index is 12.0. The number of terminal acetylenes is 1. The highest BCUT2D eigenvalue weighted by molar-refractivity contribution is 5.79. The van der Waals surface area contributed by atoms with Crippen LogP contribution in [0.15, 0.2) is 0 Å². The number of hydrogen-bond acceptors (Lipinski definition) is 2. The average Bonchev–Trinajstić information content (AvgIpc) is 2.69. The molecular weight excluding hydrogens is 232 g/mol. The van der Waals surface area contributed by atoms with E-state index in [0.717, 1.165) is 6.42 Å². The summed E-state index contributed by atoms with van der Waals surface area (Å²) in [5.74, 6) is 1.56. The summed E-state index contributed by atoms with van der Waals surface area (Å²) >= 11 is 0. The summed E-state index contributed by atoms with van der Waals surface area (Å²) in [6.07, 6.45) is 7.29. The zero-order valence-electron chi connectivity index (χ0n) is 10.9. The van der Waals surface area contributed by atoms with Crippen LogP contribution in [0.25, 0.3) is 0 Å². The van der Waals surface area contributed by atoms with Gasteiger partial charge >= 0.3 is 12.0 Å². The molecule has 0 aliphatic heterocycles. The second-order valence-electron chi connectivity index (χ2n) is 4.84. The van der Waals surface area contributed by atoms with Crippen LogP contribution in [0.3, 0.4) is 0 Å². The fraction of sp³-hybridized carbons (Fsp3) is 0.692. The van der Waals surface area contributed by atoms with Crippen LogP contribution in [0, 0.1) is 17.8 Å². The van der Waals surface area contributed by atoms with Crippen molar-refractivity contribution in [2.24, 2.45) is 5.41 Å². The summed E-state index contributed by atoms with van der Waals surface area (Å²) in [4.78, 5) is 24.7. The molecule has 0 aromatic heterocycles. The highest BCUT2D eigenvalue weighted by Crippen LogP contribution is 2.38. The highest BCUT2D eigenvalue weighted by atomic mass is 16.4. The van der Waals surface area contributed by atoms with Gasteiger partial charge in [0.15, 0.2) is 0 Å². The number of nitrogens with one attached hydrogen (secondary N) is 1. The third kappa shape index (κ3) is 2.76. The number of carbonyl (C=O) groups excluding carboxylic acids is 1. The van der Waals surface area contributed by atoms with Gasteiger partial charge in [0.25, 0.3) is 0 Å². The first-order valence-electron chi connectivity index (χ1n) is 6.18. The van der Waals surface area contributed by atoms with Gasteiger partial charge < -0.3 is 15.3 Å². The molecule has 2 amide bonds. The molecule has 0 radical (unpaired) electrons. The molecule has 0 saturated heterocycles. The second-order valence-corrected chi connectivity index (χ2v) is 4.84. The van der Waals surface area contributed by atoms with Crippen molar-refractivity contribution >= 4 is 12.0 Å². The van der Waals surface area contributed by atoms with Crippen LogP contribution >= 0.6 is 0 Å². The van der Waals surface area contributed by atoms with E-state index in [1.54, 1.807) is 6.92 Å². The molecule has 2 N–H and O–H groups in total. The summed E-state index contributed by atoms with van der Waals surface area (Å²) in [5, 5.41) is 12.1. The van der Waals surface area contributed by atoms with E-state index in [2.05, 4.69) is 11.2 Å². The zero-order valence-corrected chi connectivity index (χ0v) is 10.9. The van der Waals surface area contributed by atoms with Crippen molar-refractivity contribution in [3.8, 4) is 12.3 Å². The van der Waals surface area contributed by atoms with Crippen LogP contribution in [0.5, 0.6) is 0 Å². The van der Waals surface area contributed by atoms with Gasteiger partial charge in [0.1, 0.15) is 0 Å². The topological polar surface area (TPSA) is 69.6 Å². The average molecular weight is 252 g/mol. The van der Waals surface area contributed by atoms with Gasteiger partial charge in [-0.2, -0.15) is 0 Å². The Hall–Kier alpha value is -1.70. The van der Waals surface area contributed by atoms with Gasteiger partial charge in [0.2, 0.25) is 0 Å². The van der Waals surface area contributed by atoms with E-state index in [0.29, 0.717) is 19.4 Å². The van der Waals surface area contributed by atoms with E-state index in [-0.39, 0.29) is 18.6 Å². The normalized spacial score (nSPS) is 26.4. The number of urea groups is 1. The molecule has 0 spiro atoms. The van der Waals surface area contributed by atoms with Gasteiger partial charge in [-0.15, -0.1) is 6.42 Å². The van der Waals surface area contributed by atoms with E-state index in [4.69, 9.17) is 6.42 Å². The van der Waals surface area contributed by atoms with Crippen molar-refractivity contribution in [2.45, 2.75) is 39.2 Å². The second kappa shape index (κ2) is 5.76. The summed E-state index contributed by atoms with van der Waals surface area (Å²) in [7, 11) is 0. The Morgan fingerprint density at radius 2 is 2.28 bits per heavy atom. The summed E-state index contributed by atoms with van der Waals surface area (Å²) < 4.78 is 0. The van der Waals surface area contributed by atoms with Crippen LogP contribution in [-0.2, 0) is 4.79 Å². The van der Waals surface area contributed by atoms with Gasteiger partial charge in [-0.1, -0.05) is 12.3 Å². The SMILES string of the molecule is C#CCN(CC)C(=O)NC1CCCC1(C)C(=O)O. The fourth-order valence-electron chi connectivity index (χ4n) is 2.33. The quantitative estimate of drug-likeness (QED) is 0.741. The summed E-state index contributed by atoms with van der Waals surface area (Å²) in [5.41, 5.74) is -0.870. The lowest BCUT2D eigenvalue weighted by Crippen LogP contribution is -2.51. The predicted molar refractivity (Wildman–Crippen MR) is 68.0 cm³/mol. The zero-order chi connectivity index (χ0) is 13.8. The largest absolute Gasteiger partial charge is 0.481 e. The van der Waals surface area contributed by atoms with Crippen molar-refractivity contribution < 1.29 is 14.7 Å². The number of rotatable bonds is 4. The van der Waals surface area contributed by atoms with Gasteiger partial charge in [-0.3, -0.25) is 4.79 Å². The van der Waals surface area contributed by atoms with E-state index in [1.807, 2.05) is 6.92 Å². The first-order chi connectivity index (χ1) is 8.45. The Morgan fingerprint density at radius 1 is 1.61 bits per heavy atom. The molecule has 0 aromatic carbocycles. The smallest absolute Gasteiger partial charge is 0.318 e. The minimum atomic E-state index is -0.870. The van der Waals surface area contributed by atoms with Gasteiger partial charge in [0, 0.05) is 12.6 Å². The van der Waals surface area contributed by atoms with E-state index in [9.17, 15) is 14.7 Å². The number of carbonyl (C=O) groups is 2. The summed E-state index contributed by atoms with van der Waals surface area (Å²) in [6.45, 7) is 4.26. The van der Waals surface area contributed by atoms with Crippen molar-refractivity contribution in [3.63, 3.8) is 0 Å². The Kier molecular flexibility index (Phi) is 4.60. The van der Waals surface area contributed by atoms with Gasteiger partial charge in [-0.05, 0) is 26.7 Å². The lowest BCUT2D eigenvalue weighted by molar-refractivity contribution is -0.148. The molecule has 0 aromatic rings. The van der Waals surface area contributed by atoms with E-state index < -0.39 is 11.4 Å². The molecule has 5 nitrogen and oxygen atoms in total. The van der Waals surface area contributed by atoms with Crippen molar-refractivity contribution in [1.29, 1.82) is 0 Å². The standard InChI is InChI=1S/C13H20N2O3/c1-4-9-15(5-2)12(18)14-10-7-6-8-13(10,3)11(16)17/h1,10H,5-9H2,2-3H3,(H,14,18)(H,16,17). The third-order valence-corrected chi connectivity index (χ3v) is 3.70. The van der Waals surface area contributed by atoms with E-state index in [1.165, 1.54) is 4.90 Å². The Bertz CT molecular complexity index is 375. The molecule has 1 aliphatic rings. The van der Waals surface area contributed by atoms with Crippen LogP contribution in [0.4, 0.5) is 4.79 Å². The monoisotopic (exact) mass is 252 g/mol. The number of aliphatic carboxylic acids is 1. The summed E-state index contributed by atoms with van der Waals surface area (Å²) in [6, 6.07) is -0.607. The minimum Gasteiger partial charge on any atom is -0.481 e. The number of amides is 2. The molecule has 0 heterocycles. The molecule has 1 fully saturated rings. The number of carboxylic acids is 1. The molecule has 1 rings (SSSR count). The van der Waals surface area contributed by atoms with E-state index >= 15 is 0 Å². The predicted octanol–water partition coefficient (Wildman–Crippen LogP) is 1.29. The molecule has 2 atom stereocenters. The van der Waals surface area contributed by atoms with Crippen molar-refractivity contribution in [1.82, 2.24) is 10.2 Å². The number of hydrogen-bond donors (Lipinski definition) is 2. The Labute approximate surface area is 108 Å². The van der Waals surface area contributed by atoms with Gasteiger partial charge in [0.05, 0.1) is 12.0 Å². The molecule has 0 bridgehead atoms. The first kappa shape index (κ1) is 14.4. The lowest BCUT2D eigenvalue weighted by Gasteiger charge is -2.30. The number of carboxylic acid groups (broad SMARTS) is 1. The molecule has 5 heteroatoms. The third-order valence-electron chi connectivity index (χ3n) is 3.70. The van der Waals surface area contributed by atoms with Crippen molar-refractivity contribution in [2.75, 3.05) is 13.1 Å². The van der Waals surface area contributed by atoms with Crippen LogP contribution in [-0.4, -0.2) is 41.1 Å². The number of nitrogens with zero attached hydrogens (tertiary/aromatic N) is 1. The lowest BCUT2D eigenvalue weighted by atomic mass is 9.85. The Morgan fingerprint density at radius 3 is 2.78 bits per heavy atom. The maximum atomic E-state index is 12.0. The Balaban J connectivity index is 2.70.